The molecule has 0 unspecified atom stereocenters. The minimum atomic E-state index is -5.08. The number of rotatable bonds is 10. The number of halogens is 3. The molecule has 0 spiro atoms. The van der Waals surface area contributed by atoms with Crippen molar-refractivity contribution in [2.24, 2.45) is 0 Å². The molecule has 2 aliphatic rings. The van der Waals surface area contributed by atoms with E-state index in [0.717, 1.165) is 66.2 Å². The van der Waals surface area contributed by atoms with E-state index >= 15 is 0 Å². The maximum Gasteiger partial charge on any atom is 0.490 e. The highest BCUT2D eigenvalue weighted by Gasteiger charge is 2.38. The molecule has 1 aromatic heterocycles. The Balaban J connectivity index is 0.000000541. The summed E-state index contributed by atoms with van der Waals surface area (Å²) in [6, 6.07) is 18.3. The number of carboxylic acid groups (broad SMARTS) is 1. The fourth-order valence-electron chi connectivity index (χ4n) is 4.56. The van der Waals surface area contributed by atoms with Crippen LogP contribution in [0, 0.1) is 0 Å². The molecule has 230 valence electrons. The number of fused-ring (bicyclic) bond motifs is 1. The molecule has 0 bridgehead atoms. The first-order chi connectivity index (χ1) is 20.6. The lowest BCUT2D eigenvalue weighted by atomic mass is 10.1. The first-order valence-electron chi connectivity index (χ1n) is 14.0. The zero-order valence-electron chi connectivity index (χ0n) is 23.7. The molecule has 12 heteroatoms. The number of aliphatic carboxylic acids is 1. The van der Waals surface area contributed by atoms with E-state index < -0.39 is 12.1 Å². The zero-order valence-corrected chi connectivity index (χ0v) is 23.7. The number of amides is 1. The second kappa shape index (κ2) is 14.8. The van der Waals surface area contributed by atoms with E-state index in [0.29, 0.717) is 19.7 Å². The number of aromatic nitrogens is 1. The largest absolute Gasteiger partial charge is 0.490 e. The van der Waals surface area contributed by atoms with Crippen LogP contribution in [0.5, 0.6) is 11.5 Å². The number of carbonyl (C=O) groups excluding carboxylic acids is 1. The summed E-state index contributed by atoms with van der Waals surface area (Å²) in [5, 5.41) is 10.5. The average Bonchev–Trinajstić information content (AvgIpc) is 3.70. The van der Waals surface area contributed by atoms with Crippen LogP contribution in [-0.2, 0) is 34.0 Å². The highest BCUT2D eigenvalue weighted by molar-refractivity contribution is 5.81. The van der Waals surface area contributed by atoms with Crippen molar-refractivity contribution in [1.82, 2.24) is 15.2 Å². The molecule has 9 nitrogen and oxygen atoms in total. The van der Waals surface area contributed by atoms with Crippen LogP contribution in [0.2, 0.25) is 0 Å². The molecule has 0 radical (unpaired) electrons. The summed E-state index contributed by atoms with van der Waals surface area (Å²) in [5.74, 6) is -1.26. The van der Waals surface area contributed by atoms with Gasteiger partial charge in [-0.2, -0.15) is 13.2 Å². The molecule has 0 saturated carbocycles. The van der Waals surface area contributed by atoms with Gasteiger partial charge in [-0.15, -0.1) is 0 Å². The van der Waals surface area contributed by atoms with Crippen molar-refractivity contribution >= 4 is 11.9 Å². The number of carbonyl (C=O) groups is 2. The summed E-state index contributed by atoms with van der Waals surface area (Å²) in [7, 11) is 0. The molecule has 3 aromatic rings. The van der Waals surface area contributed by atoms with Gasteiger partial charge in [-0.25, -0.2) is 4.79 Å². The number of ether oxygens (including phenoxy) is 3. The summed E-state index contributed by atoms with van der Waals surface area (Å²) in [5.41, 5.74) is 5.23. The van der Waals surface area contributed by atoms with Crippen LogP contribution < -0.4 is 14.8 Å². The van der Waals surface area contributed by atoms with Crippen molar-refractivity contribution in [3.63, 3.8) is 0 Å². The van der Waals surface area contributed by atoms with E-state index in [1.54, 1.807) is 0 Å². The summed E-state index contributed by atoms with van der Waals surface area (Å²) >= 11 is 0. The van der Waals surface area contributed by atoms with Gasteiger partial charge in [-0.05, 0) is 60.7 Å². The average molecular weight is 602 g/mol. The lowest BCUT2D eigenvalue weighted by Crippen LogP contribution is -2.38. The molecule has 1 saturated heterocycles. The predicted octanol–water partition coefficient (Wildman–Crippen LogP) is 5.32. The molecule has 2 aliphatic heterocycles. The molecule has 5 rings (SSSR count). The molecular weight excluding hydrogens is 567 g/mol. The lowest BCUT2D eigenvalue weighted by Gasteiger charge is -2.26. The van der Waals surface area contributed by atoms with Crippen molar-refractivity contribution in [3.05, 3.63) is 77.5 Å². The Kier molecular flexibility index (Phi) is 11.0. The number of carboxylic acids is 1. The number of hydrogen-bond donors (Lipinski definition) is 2. The Labute approximate surface area is 247 Å². The fourth-order valence-corrected chi connectivity index (χ4v) is 4.56. The number of hydrogen-bond acceptors (Lipinski definition) is 7. The minimum absolute atomic E-state index is 0.0307. The molecule has 1 atom stereocenters. The number of benzene rings is 2. The summed E-state index contributed by atoms with van der Waals surface area (Å²) in [6.45, 7) is 5.85. The molecule has 2 N–H and O–H groups in total. The third-order valence-corrected chi connectivity index (χ3v) is 6.77. The van der Waals surface area contributed by atoms with E-state index in [-0.39, 0.29) is 18.8 Å². The number of nitrogens with zero attached hydrogens (tertiary/aromatic N) is 2. The SMILES string of the molecule is CCCNCc1ccc(-c2ccc(CN(Cc3ccc4c(c3)OCO4)C(=O)[C@H]3CCCO3)cc2)nc1.O=C(O)C(F)(F)F. The van der Waals surface area contributed by atoms with Gasteiger partial charge >= 0.3 is 12.1 Å². The fraction of sp³-hybridized carbons (Fsp3) is 0.387. The van der Waals surface area contributed by atoms with E-state index in [2.05, 4.69) is 53.6 Å². The highest BCUT2D eigenvalue weighted by Crippen LogP contribution is 2.33. The summed E-state index contributed by atoms with van der Waals surface area (Å²) in [4.78, 5) is 28.7. The second-order valence-corrected chi connectivity index (χ2v) is 10.1. The van der Waals surface area contributed by atoms with Gasteiger partial charge in [-0.3, -0.25) is 9.78 Å². The third-order valence-electron chi connectivity index (χ3n) is 6.77. The van der Waals surface area contributed by atoms with Crippen molar-refractivity contribution in [1.29, 1.82) is 0 Å². The van der Waals surface area contributed by atoms with Gasteiger partial charge < -0.3 is 29.5 Å². The van der Waals surface area contributed by atoms with Crippen LogP contribution in [0.25, 0.3) is 11.3 Å². The van der Waals surface area contributed by atoms with Crippen LogP contribution in [0.15, 0.2) is 60.8 Å². The molecule has 1 fully saturated rings. The van der Waals surface area contributed by atoms with Crippen LogP contribution in [-0.4, -0.2) is 59.1 Å². The van der Waals surface area contributed by atoms with Gasteiger partial charge in [0, 0.05) is 38.0 Å². The quantitative estimate of drug-likeness (QED) is 0.301. The predicted molar refractivity (Wildman–Crippen MR) is 151 cm³/mol. The number of alkyl halides is 3. The third kappa shape index (κ3) is 9.16. The Hall–Kier alpha value is -4.16. The van der Waals surface area contributed by atoms with Crippen molar-refractivity contribution < 1.29 is 42.1 Å². The van der Waals surface area contributed by atoms with E-state index in [4.69, 9.17) is 24.1 Å². The second-order valence-electron chi connectivity index (χ2n) is 10.1. The van der Waals surface area contributed by atoms with Crippen molar-refractivity contribution in [3.8, 4) is 22.8 Å². The van der Waals surface area contributed by atoms with Crippen LogP contribution in [0.3, 0.4) is 0 Å². The topological polar surface area (TPSA) is 110 Å². The first kappa shape index (κ1) is 31.8. The first-order valence-corrected chi connectivity index (χ1v) is 14.0. The highest BCUT2D eigenvalue weighted by atomic mass is 19.4. The van der Waals surface area contributed by atoms with Crippen molar-refractivity contribution in [2.75, 3.05) is 19.9 Å². The zero-order chi connectivity index (χ0) is 30.8. The van der Waals surface area contributed by atoms with Gasteiger partial charge in [0.25, 0.3) is 5.91 Å². The summed E-state index contributed by atoms with van der Waals surface area (Å²) in [6.07, 6.45) is -0.716. The molecule has 0 aliphatic carbocycles. The standard InChI is InChI=1S/C29H33N3O4.C2HF3O2/c1-2-13-30-16-23-7-11-25(31-17-23)24-9-5-21(6-10-24)18-32(29(33)27-4-3-14-34-27)19-22-8-12-26-28(15-22)36-20-35-26;3-2(4,5)1(6)7/h5-12,15,17,27,30H,2-4,13-14,16,18-20H2,1H3;(H,6,7)/t27-;/m1./s1. The normalized spacial score (nSPS) is 15.5. The maximum absolute atomic E-state index is 13.3. The molecule has 3 heterocycles. The van der Waals surface area contributed by atoms with Crippen molar-refractivity contribution in [2.45, 2.75) is 58.1 Å². The van der Waals surface area contributed by atoms with Gasteiger partial charge in [0.2, 0.25) is 6.79 Å². The minimum Gasteiger partial charge on any atom is -0.475 e. The van der Waals surface area contributed by atoms with Crippen LogP contribution >= 0.6 is 0 Å². The Morgan fingerprint density at radius 3 is 2.30 bits per heavy atom. The Bertz CT molecular complexity index is 1360. The van der Waals surface area contributed by atoms with Gasteiger partial charge in [-0.1, -0.05) is 43.3 Å². The van der Waals surface area contributed by atoms with E-state index in [1.807, 2.05) is 29.3 Å². The molecule has 1 amide bonds. The summed E-state index contributed by atoms with van der Waals surface area (Å²) < 4.78 is 48.4. The molecule has 2 aromatic carbocycles. The monoisotopic (exact) mass is 601 g/mol. The van der Waals surface area contributed by atoms with Gasteiger partial charge in [0.15, 0.2) is 11.5 Å². The van der Waals surface area contributed by atoms with E-state index in [1.165, 1.54) is 5.56 Å². The molecule has 43 heavy (non-hydrogen) atoms. The lowest BCUT2D eigenvalue weighted by molar-refractivity contribution is -0.192. The smallest absolute Gasteiger partial charge is 0.475 e. The Morgan fingerprint density at radius 2 is 1.67 bits per heavy atom. The number of pyridine rings is 1. The maximum atomic E-state index is 13.3. The van der Waals surface area contributed by atoms with Crippen LogP contribution in [0.4, 0.5) is 13.2 Å². The number of nitrogens with one attached hydrogen (secondary N) is 1. The van der Waals surface area contributed by atoms with Gasteiger partial charge in [0.1, 0.15) is 6.10 Å². The van der Waals surface area contributed by atoms with E-state index in [9.17, 15) is 18.0 Å². The molecular formula is C31H34F3N3O6. The van der Waals surface area contributed by atoms with Gasteiger partial charge in [0.05, 0.1) is 5.69 Å². The van der Waals surface area contributed by atoms with Crippen LogP contribution in [0.1, 0.15) is 42.9 Å². The Morgan fingerprint density at radius 1 is 1.00 bits per heavy atom.